The zero-order valence-corrected chi connectivity index (χ0v) is 26.4. The van der Waals surface area contributed by atoms with Crippen LogP contribution >= 0.6 is 0 Å². The molecule has 3 atom stereocenters. The predicted octanol–water partition coefficient (Wildman–Crippen LogP) is 6.78. The van der Waals surface area contributed by atoms with E-state index < -0.39 is 9.84 Å². The number of aryl methyl sites for hydroxylation is 2. The molecule has 0 radical (unpaired) electrons. The molecular weight excluding hydrogens is 574 g/mol. The maximum atomic E-state index is 12.1. The first-order valence-corrected chi connectivity index (χ1v) is 17.4. The zero-order chi connectivity index (χ0) is 31.0. The van der Waals surface area contributed by atoms with Gasteiger partial charge < -0.3 is 14.2 Å². The molecule has 0 N–H and O–H groups in total. The molecule has 0 spiro atoms. The first-order valence-electron chi connectivity index (χ1n) is 15.6. The number of rotatable bonds is 9. The predicted molar refractivity (Wildman–Crippen MR) is 169 cm³/mol. The molecule has 8 heteroatoms. The van der Waals surface area contributed by atoms with E-state index in [1.54, 1.807) is 0 Å². The van der Waals surface area contributed by atoms with Gasteiger partial charge in [-0.1, -0.05) is 18.2 Å². The Labute approximate surface area is 260 Å². The molecule has 1 saturated heterocycles. The largest absolute Gasteiger partial charge is 0.493 e. The van der Waals surface area contributed by atoms with Crippen molar-refractivity contribution in [3.05, 3.63) is 81.9 Å². The molecule has 1 heterocycles. The average molecular weight is 614 g/mol. The molecule has 3 aromatic rings. The van der Waals surface area contributed by atoms with E-state index in [-0.39, 0.29) is 41.3 Å². The van der Waals surface area contributed by atoms with E-state index in [1.807, 2.05) is 55.5 Å². The number of hydrogen-bond acceptors (Lipinski definition) is 7. The minimum atomic E-state index is -2.90. The first kappa shape index (κ1) is 30.2. The molecule has 1 aliphatic heterocycles. The van der Waals surface area contributed by atoms with Crippen molar-refractivity contribution >= 4 is 15.8 Å². The second kappa shape index (κ2) is 12.3. The lowest BCUT2D eigenvalue weighted by Crippen LogP contribution is -2.26. The van der Waals surface area contributed by atoms with Crippen LogP contribution in [0.5, 0.6) is 11.5 Å². The van der Waals surface area contributed by atoms with E-state index in [0.29, 0.717) is 31.6 Å². The van der Waals surface area contributed by atoms with Crippen LogP contribution in [0.15, 0.2) is 48.5 Å². The first-order chi connectivity index (χ1) is 21.2. The Kier molecular flexibility index (Phi) is 8.43. The van der Waals surface area contributed by atoms with Crippen LogP contribution in [-0.2, 0) is 25.8 Å². The second-order valence-electron chi connectivity index (χ2n) is 12.4. The van der Waals surface area contributed by atoms with Crippen molar-refractivity contribution in [2.45, 2.75) is 64.9 Å². The SMILES string of the molecule is CCOC(=O)[C@H]1C[C@@H]1c1ccc(O[C@@H]2CCc3c2ccc(C#N)c3-c2c(C)cc(OCC3CCS(=O)(=O)CC3)cc2C)cc1. The summed E-state index contributed by atoms with van der Waals surface area (Å²) in [6.45, 7) is 6.86. The van der Waals surface area contributed by atoms with Gasteiger partial charge in [0.1, 0.15) is 27.4 Å². The maximum absolute atomic E-state index is 12.1. The number of carbonyl (C=O) groups excluding carboxylic acids is 1. The summed E-state index contributed by atoms with van der Waals surface area (Å²) in [5, 5.41) is 10.1. The fourth-order valence-electron chi connectivity index (χ4n) is 6.92. The Morgan fingerprint density at radius 1 is 0.955 bits per heavy atom. The number of carbonyl (C=O) groups is 1. The standard InChI is InChI=1S/C36H39NO6S/c1-4-41-36(38)32-19-31(32)25-5-8-27(9-6-25)43-33-12-11-30-29(33)10-7-26(20-37)35(30)34-22(2)17-28(18-23(34)3)42-21-24-13-15-44(39,40)16-14-24/h5-10,17-18,24,31-33H,4,11-16,19,21H2,1-3H3/t31-,32+,33-/m1/s1. The Hall–Kier alpha value is -3.83. The van der Waals surface area contributed by atoms with Crippen LogP contribution in [0.2, 0.25) is 0 Å². The van der Waals surface area contributed by atoms with Crippen molar-refractivity contribution in [1.29, 1.82) is 5.26 Å². The Balaban J connectivity index is 1.18. The van der Waals surface area contributed by atoms with Crippen LogP contribution in [0.3, 0.4) is 0 Å². The molecule has 7 nitrogen and oxygen atoms in total. The molecule has 2 aliphatic carbocycles. The van der Waals surface area contributed by atoms with Gasteiger partial charge in [0.05, 0.1) is 42.3 Å². The number of nitriles is 1. The number of ether oxygens (including phenoxy) is 3. The van der Waals surface area contributed by atoms with Crippen LogP contribution < -0.4 is 9.47 Å². The number of esters is 1. The van der Waals surface area contributed by atoms with Crippen molar-refractivity contribution in [2.75, 3.05) is 24.7 Å². The summed E-state index contributed by atoms with van der Waals surface area (Å²) in [6, 6.07) is 18.5. The zero-order valence-electron chi connectivity index (χ0n) is 25.6. The third kappa shape index (κ3) is 6.21. The number of sulfone groups is 1. The molecule has 0 unspecified atom stereocenters. The van der Waals surface area contributed by atoms with Crippen molar-refractivity contribution in [3.8, 4) is 28.7 Å². The number of hydrogen-bond donors (Lipinski definition) is 0. The Morgan fingerprint density at radius 2 is 1.66 bits per heavy atom. The topological polar surface area (TPSA) is 103 Å². The molecule has 2 fully saturated rings. The van der Waals surface area contributed by atoms with Gasteiger partial charge in [-0.2, -0.15) is 5.26 Å². The van der Waals surface area contributed by atoms with Gasteiger partial charge in [0.2, 0.25) is 0 Å². The van der Waals surface area contributed by atoms with E-state index in [1.165, 1.54) is 0 Å². The van der Waals surface area contributed by atoms with E-state index >= 15 is 0 Å². The summed E-state index contributed by atoms with van der Waals surface area (Å²) in [5.41, 5.74) is 8.16. The fourth-order valence-corrected chi connectivity index (χ4v) is 8.51. The van der Waals surface area contributed by atoms with Gasteiger partial charge in [0, 0.05) is 5.56 Å². The van der Waals surface area contributed by atoms with Gasteiger partial charge in [-0.05, 0) is 128 Å². The van der Waals surface area contributed by atoms with Crippen LogP contribution in [0.4, 0.5) is 0 Å². The minimum absolute atomic E-state index is 0.0400. The van der Waals surface area contributed by atoms with E-state index in [9.17, 15) is 18.5 Å². The maximum Gasteiger partial charge on any atom is 0.309 e. The lowest BCUT2D eigenvalue weighted by atomic mass is 9.87. The summed E-state index contributed by atoms with van der Waals surface area (Å²) >= 11 is 0. The molecule has 44 heavy (non-hydrogen) atoms. The van der Waals surface area contributed by atoms with Crippen molar-refractivity contribution in [1.82, 2.24) is 0 Å². The summed E-state index contributed by atoms with van der Waals surface area (Å²) in [6.07, 6.45) is 3.64. The molecule has 3 aromatic carbocycles. The number of fused-ring (bicyclic) bond motifs is 1. The second-order valence-corrected chi connectivity index (χ2v) is 14.7. The van der Waals surface area contributed by atoms with Gasteiger partial charge >= 0.3 is 5.97 Å². The molecule has 1 saturated carbocycles. The molecule has 0 bridgehead atoms. The highest BCUT2D eigenvalue weighted by Gasteiger charge is 2.45. The lowest BCUT2D eigenvalue weighted by Gasteiger charge is -2.23. The third-order valence-corrected chi connectivity index (χ3v) is 11.1. The third-order valence-electron chi connectivity index (χ3n) is 9.36. The monoisotopic (exact) mass is 613 g/mol. The molecule has 0 amide bonds. The summed E-state index contributed by atoms with van der Waals surface area (Å²) < 4.78 is 41.4. The van der Waals surface area contributed by atoms with E-state index in [2.05, 4.69) is 19.9 Å². The molecule has 6 rings (SSSR count). The number of benzene rings is 3. The Bertz CT molecular complexity index is 1690. The normalized spacial score (nSPS) is 22.1. The lowest BCUT2D eigenvalue weighted by molar-refractivity contribution is -0.144. The van der Waals surface area contributed by atoms with Crippen molar-refractivity contribution < 1.29 is 27.4 Å². The van der Waals surface area contributed by atoms with Gasteiger partial charge in [-0.3, -0.25) is 4.79 Å². The van der Waals surface area contributed by atoms with Crippen LogP contribution in [0, 0.1) is 37.0 Å². The molecular formula is C36H39NO6S. The highest BCUT2D eigenvalue weighted by atomic mass is 32.2. The molecule has 230 valence electrons. The van der Waals surface area contributed by atoms with Crippen LogP contribution in [0.25, 0.3) is 11.1 Å². The summed E-state index contributed by atoms with van der Waals surface area (Å²) in [7, 11) is -2.90. The molecule has 0 aromatic heterocycles. The summed E-state index contributed by atoms with van der Waals surface area (Å²) in [5.74, 6) is 2.34. The quantitative estimate of drug-likeness (QED) is 0.245. The summed E-state index contributed by atoms with van der Waals surface area (Å²) in [4.78, 5) is 12.1. The van der Waals surface area contributed by atoms with Gasteiger partial charge in [-0.15, -0.1) is 0 Å². The molecule has 3 aliphatic rings. The fraction of sp³-hybridized carbons (Fsp3) is 0.444. The number of nitrogens with zero attached hydrogens (tertiary/aromatic N) is 1. The van der Waals surface area contributed by atoms with Crippen LogP contribution in [-0.4, -0.2) is 39.1 Å². The van der Waals surface area contributed by atoms with E-state index in [4.69, 9.17) is 14.2 Å². The van der Waals surface area contributed by atoms with Gasteiger partial charge in [0.25, 0.3) is 0 Å². The highest BCUT2D eigenvalue weighted by molar-refractivity contribution is 7.91. The minimum Gasteiger partial charge on any atom is -0.493 e. The van der Waals surface area contributed by atoms with Crippen molar-refractivity contribution in [2.24, 2.45) is 11.8 Å². The highest BCUT2D eigenvalue weighted by Crippen LogP contribution is 2.49. The Morgan fingerprint density at radius 3 is 2.32 bits per heavy atom. The smallest absolute Gasteiger partial charge is 0.309 e. The average Bonchev–Trinajstić information content (AvgIpc) is 3.71. The van der Waals surface area contributed by atoms with E-state index in [0.717, 1.165) is 69.7 Å². The van der Waals surface area contributed by atoms with Crippen LogP contribution in [0.1, 0.15) is 78.0 Å². The van der Waals surface area contributed by atoms with Gasteiger partial charge in [0.15, 0.2) is 0 Å². The van der Waals surface area contributed by atoms with Crippen molar-refractivity contribution in [3.63, 3.8) is 0 Å². The van der Waals surface area contributed by atoms with Gasteiger partial charge in [-0.25, -0.2) is 8.42 Å².